The van der Waals surface area contributed by atoms with Gasteiger partial charge in [-0.1, -0.05) is 6.07 Å². The Morgan fingerprint density at radius 2 is 1.54 bits per heavy atom. The van der Waals surface area contributed by atoms with Crippen LogP contribution in [0, 0.1) is 11.6 Å². The molecule has 1 fully saturated rings. The summed E-state index contributed by atoms with van der Waals surface area (Å²) in [5.41, 5.74) is -3.34. The molecular weight excluding hydrogens is 638 g/mol. The second-order valence-corrected chi connectivity index (χ2v) is 12.5. The van der Waals surface area contributed by atoms with Crippen molar-refractivity contribution < 1.29 is 49.9 Å². The van der Waals surface area contributed by atoms with Gasteiger partial charge in [-0.15, -0.1) is 0 Å². The fraction of sp³-hybridized carbons (Fsp3) is 0.300. The minimum Gasteiger partial charge on any atom is -0.308 e. The maximum Gasteiger partial charge on any atom is 0.419 e. The molecule has 0 radical (unpaired) electrons. The van der Waals surface area contributed by atoms with Crippen molar-refractivity contribution in [2.75, 3.05) is 28.7 Å². The van der Waals surface area contributed by atoms with Crippen LogP contribution in [0.1, 0.15) is 38.8 Å². The number of amides is 5. The van der Waals surface area contributed by atoms with E-state index in [1.807, 2.05) is 0 Å². The van der Waals surface area contributed by atoms with E-state index in [0.717, 1.165) is 23.1 Å². The average Bonchev–Trinajstić information content (AvgIpc) is 3.13. The molecule has 1 heterocycles. The number of hydrogen-bond acceptors (Lipinski definition) is 6. The number of carbonyl (C=O) groups excluding carboxylic acids is 3. The lowest BCUT2D eigenvalue weighted by Gasteiger charge is -2.28. The molecule has 0 spiro atoms. The topological polar surface area (TPSA) is 117 Å². The lowest BCUT2D eigenvalue weighted by molar-refractivity contribution is -0.140. The van der Waals surface area contributed by atoms with Crippen molar-refractivity contribution in [2.24, 2.45) is 0 Å². The van der Waals surface area contributed by atoms with Crippen molar-refractivity contribution in [3.63, 3.8) is 0 Å². The molecule has 46 heavy (non-hydrogen) atoms. The fourth-order valence-corrected chi connectivity index (χ4v) is 6.28. The number of anilines is 3. The van der Waals surface area contributed by atoms with Gasteiger partial charge < -0.3 is 24.6 Å². The van der Waals surface area contributed by atoms with Crippen LogP contribution in [-0.4, -0.2) is 41.6 Å². The summed E-state index contributed by atoms with van der Waals surface area (Å²) in [6, 6.07) is 9.10. The van der Waals surface area contributed by atoms with Crippen molar-refractivity contribution in [2.45, 2.75) is 46.0 Å². The van der Waals surface area contributed by atoms with Crippen molar-refractivity contribution >= 4 is 47.9 Å². The third-order valence-corrected chi connectivity index (χ3v) is 9.15. The minimum atomic E-state index is -5.08. The number of benzene rings is 3. The van der Waals surface area contributed by atoms with E-state index in [4.69, 9.17) is 9.05 Å². The molecule has 0 atom stereocenters. The van der Waals surface area contributed by atoms with Crippen LogP contribution in [-0.2, 0) is 31.1 Å². The summed E-state index contributed by atoms with van der Waals surface area (Å²) in [5.74, 6) is -3.19. The molecule has 0 unspecified atom stereocenters. The third kappa shape index (κ3) is 7.06. The van der Waals surface area contributed by atoms with Gasteiger partial charge in [0.1, 0.15) is 17.2 Å². The monoisotopic (exact) mass is 668 g/mol. The molecule has 2 N–H and O–H groups in total. The standard InChI is InChI=1S/C30H30F5N4O6P/c1-5-44-46(43,45-6-2)22-12-9-20(10-13-22)36-27(41)37-25-15-19(31)8-7-18(25)17-38-28(42)39(26(40)29(38,3)4)21-11-14-24(32)23(16-21)30(33,34)35/h7-16H,5-6,17H2,1-4H3,(H2,36,37,41). The minimum absolute atomic E-state index is 0.0676. The van der Waals surface area contributed by atoms with Gasteiger partial charge in [-0.2, -0.15) is 13.2 Å². The summed E-state index contributed by atoms with van der Waals surface area (Å²) in [4.78, 5) is 41.2. The van der Waals surface area contributed by atoms with Gasteiger partial charge in [0.25, 0.3) is 5.91 Å². The van der Waals surface area contributed by atoms with Crippen LogP contribution < -0.4 is 20.8 Å². The number of alkyl halides is 3. The molecule has 10 nitrogen and oxygen atoms in total. The number of carbonyl (C=O) groups is 3. The molecule has 5 amide bonds. The normalized spacial score (nSPS) is 15.0. The number of imide groups is 1. The Balaban J connectivity index is 1.55. The highest BCUT2D eigenvalue weighted by Crippen LogP contribution is 2.47. The van der Waals surface area contributed by atoms with Gasteiger partial charge in [-0.3, -0.25) is 9.36 Å². The summed E-state index contributed by atoms with van der Waals surface area (Å²) >= 11 is 0. The first-order valence-corrected chi connectivity index (χ1v) is 15.4. The molecule has 1 saturated heterocycles. The van der Waals surface area contributed by atoms with E-state index in [1.54, 1.807) is 13.8 Å². The van der Waals surface area contributed by atoms with Gasteiger partial charge in [0.2, 0.25) is 0 Å². The van der Waals surface area contributed by atoms with E-state index in [1.165, 1.54) is 44.2 Å². The van der Waals surface area contributed by atoms with Crippen LogP contribution in [0.3, 0.4) is 0 Å². The Kier molecular flexibility index (Phi) is 9.90. The van der Waals surface area contributed by atoms with E-state index in [9.17, 15) is 40.9 Å². The summed E-state index contributed by atoms with van der Waals surface area (Å²) in [7, 11) is -3.56. The summed E-state index contributed by atoms with van der Waals surface area (Å²) in [5, 5.41) is 5.30. The first-order valence-electron chi connectivity index (χ1n) is 13.9. The predicted octanol–water partition coefficient (Wildman–Crippen LogP) is 7.27. The Labute approximate surface area is 261 Å². The molecule has 0 aromatic heterocycles. The van der Waals surface area contributed by atoms with Crippen molar-refractivity contribution in [1.82, 2.24) is 4.90 Å². The number of halogens is 5. The van der Waals surface area contributed by atoms with Crippen LogP contribution in [0.2, 0.25) is 0 Å². The number of rotatable bonds is 10. The molecule has 0 saturated carbocycles. The van der Waals surface area contributed by atoms with Gasteiger partial charge >= 0.3 is 25.8 Å². The van der Waals surface area contributed by atoms with Gasteiger partial charge in [-0.05, 0) is 87.9 Å². The van der Waals surface area contributed by atoms with Crippen molar-refractivity contribution in [3.8, 4) is 0 Å². The van der Waals surface area contributed by atoms with E-state index < -0.39 is 60.2 Å². The van der Waals surface area contributed by atoms with Gasteiger partial charge in [0.15, 0.2) is 0 Å². The highest BCUT2D eigenvalue weighted by molar-refractivity contribution is 7.62. The zero-order chi connectivity index (χ0) is 34.0. The van der Waals surface area contributed by atoms with Gasteiger partial charge in [-0.25, -0.2) is 23.3 Å². The molecule has 0 bridgehead atoms. The Hall–Kier alpha value is -4.33. The van der Waals surface area contributed by atoms with Crippen molar-refractivity contribution in [3.05, 3.63) is 83.4 Å². The molecule has 3 aromatic rings. The highest BCUT2D eigenvalue weighted by atomic mass is 31.2. The van der Waals surface area contributed by atoms with Crippen LogP contribution in [0.15, 0.2) is 60.7 Å². The largest absolute Gasteiger partial charge is 0.419 e. The molecule has 16 heteroatoms. The zero-order valence-electron chi connectivity index (χ0n) is 25.1. The van der Waals surface area contributed by atoms with Crippen molar-refractivity contribution in [1.29, 1.82) is 0 Å². The highest BCUT2D eigenvalue weighted by Gasteiger charge is 2.52. The smallest absolute Gasteiger partial charge is 0.308 e. The first-order chi connectivity index (χ1) is 21.5. The fourth-order valence-electron chi connectivity index (χ4n) is 4.71. The van der Waals surface area contributed by atoms with E-state index >= 15 is 0 Å². The van der Waals surface area contributed by atoms with Gasteiger partial charge in [0.05, 0.1) is 42.0 Å². The predicted molar refractivity (Wildman–Crippen MR) is 160 cm³/mol. The second kappa shape index (κ2) is 13.2. The SMILES string of the molecule is CCOP(=O)(OCC)c1ccc(NC(=O)Nc2cc(F)ccc2CN2C(=O)N(c3ccc(F)c(C(F)(F)F)c3)C(=O)C2(C)C)cc1. The van der Waals surface area contributed by atoms with Crippen LogP contribution in [0.25, 0.3) is 0 Å². The molecule has 1 aliphatic rings. The van der Waals surface area contributed by atoms with E-state index in [2.05, 4.69) is 10.6 Å². The Bertz CT molecular complexity index is 1690. The third-order valence-electron chi connectivity index (χ3n) is 7.03. The lowest BCUT2D eigenvalue weighted by Crippen LogP contribution is -2.43. The maximum atomic E-state index is 14.3. The quantitative estimate of drug-likeness (QED) is 0.133. The number of hydrogen-bond donors (Lipinski definition) is 2. The molecular formula is C30H30F5N4O6P. The first kappa shape index (κ1) is 34.5. The Morgan fingerprint density at radius 3 is 2.13 bits per heavy atom. The summed E-state index contributed by atoms with van der Waals surface area (Å²) in [6.45, 7) is 5.99. The van der Waals surface area contributed by atoms with Crippen LogP contribution >= 0.6 is 7.60 Å². The number of nitrogens with zero attached hydrogens (tertiary/aromatic N) is 2. The number of nitrogens with one attached hydrogen (secondary N) is 2. The zero-order valence-corrected chi connectivity index (χ0v) is 26.0. The van der Waals surface area contributed by atoms with E-state index in [-0.39, 0.29) is 42.0 Å². The molecule has 0 aliphatic carbocycles. The lowest BCUT2D eigenvalue weighted by atomic mass is 10.0. The second-order valence-electron chi connectivity index (χ2n) is 10.5. The summed E-state index contributed by atoms with van der Waals surface area (Å²) < 4.78 is 91.8. The molecule has 246 valence electrons. The van der Waals surface area contributed by atoms with Crippen LogP contribution in [0.5, 0.6) is 0 Å². The maximum absolute atomic E-state index is 14.3. The molecule has 3 aromatic carbocycles. The molecule has 4 rings (SSSR count). The van der Waals surface area contributed by atoms with Gasteiger partial charge in [0, 0.05) is 5.69 Å². The molecule has 1 aliphatic heterocycles. The Morgan fingerprint density at radius 1 is 0.913 bits per heavy atom. The number of urea groups is 2. The van der Waals surface area contributed by atoms with E-state index in [0.29, 0.717) is 17.0 Å². The average molecular weight is 669 g/mol. The summed E-state index contributed by atoms with van der Waals surface area (Å²) in [6.07, 6.45) is -5.08. The van der Waals surface area contributed by atoms with Crippen LogP contribution in [0.4, 0.5) is 48.6 Å².